The molecule has 0 amide bonds. The van der Waals surface area contributed by atoms with Crippen LogP contribution in [-0.4, -0.2) is 6.04 Å². The molecule has 1 unspecified atom stereocenters. The summed E-state index contributed by atoms with van der Waals surface area (Å²) in [5, 5.41) is 3.31. The Morgan fingerprint density at radius 3 is 3.15 bits per heavy atom. The molecule has 1 nitrogen and oxygen atoms in total. The summed E-state index contributed by atoms with van der Waals surface area (Å²) in [6.45, 7) is 4.03. The molecule has 0 aromatic heterocycles. The molecule has 1 N–H and O–H groups in total. The van der Waals surface area contributed by atoms with E-state index in [9.17, 15) is 0 Å². The van der Waals surface area contributed by atoms with E-state index in [1.54, 1.807) is 0 Å². The van der Waals surface area contributed by atoms with Gasteiger partial charge in [-0.15, -0.1) is 0 Å². The van der Waals surface area contributed by atoms with E-state index in [-0.39, 0.29) is 0 Å². The third kappa shape index (κ3) is 1.81. The molecular formula is C12H13N. The molecule has 2 rings (SSSR count). The van der Waals surface area contributed by atoms with Gasteiger partial charge >= 0.3 is 0 Å². The predicted octanol–water partition coefficient (Wildman–Crippen LogP) is 2.47. The van der Waals surface area contributed by atoms with Crippen LogP contribution in [0.3, 0.4) is 0 Å². The number of rotatable bonds is 0. The van der Waals surface area contributed by atoms with Crippen molar-refractivity contribution < 1.29 is 0 Å². The van der Waals surface area contributed by atoms with Crippen LogP contribution in [0.2, 0.25) is 0 Å². The van der Waals surface area contributed by atoms with E-state index in [4.69, 9.17) is 0 Å². The first kappa shape index (κ1) is 8.11. The second-order valence-electron chi connectivity index (χ2n) is 3.30. The number of hydrogen-bond acceptors (Lipinski definition) is 1. The van der Waals surface area contributed by atoms with Crippen molar-refractivity contribution in [1.82, 2.24) is 5.32 Å². The normalized spacial score (nSPS) is 30.6. The van der Waals surface area contributed by atoms with Crippen LogP contribution in [0.1, 0.15) is 6.42 Å². The lowest BCUT2D eigenvalue weighted by molar-refractivity contribution is 0.690. The van der Waals surface area contributed by atoms with Gasteiger partial charge in [-0.2, -0.15) is 0 Å². The molecule has 66 valence electrons. The molecule has 0 saturated heterocycles. The molecule has 0 radical (unpaired) electrons. The molecule has 1 atom stereocenters. The zero-order chi connectivity index (χ0) is 9.10. The molecule has 1 aliphatic carbocycles. The van der Waals surface area contributed by atoms with Crippen LogP contribution in [0.15, 0.2) is 60.4 Å². The highest BCUT2D eigenvalue weighted by Gasteiger charge is 2.10. The summed E-state index contributed by atoms with van der Waals surface area (Å²) in [4.78, 5) is 0. The van der Waals surface area contributed by atoms with Crippen LogP contribution in [0.4, 0.5) is 0 Å². The SMILES string of the molecule is C=C1/C=C\C=C/NC2C=CC=C1C2. The maximum absolute atomic E-state index is 4.03. The minimum atomic E-state index is 0.424. The molecule has 0 spiro atoms. The average molecular weight is 171 g/mol. The maximum Gasteiger partial charge on any atom is 0.0482 e. The summed E-state index contributed by atoms with van der Waals surface area (Å²) in [5.41, 5.74) is 2.43. The van der Waals surface area contributed by atoms with E-state index in [2.05, 4.69) is 30.1 Å². The Kier molecular flexibility index (Phi) is 2.17. The zero-order valence-electron chi connectivity index (χ0n) is 7.53. The summed E-state index contributed by atoms with van der Waals surface area (Å²) in [7, 11) is 0. The van der Waals surface area contributed by atoms with E-state index in [0.717, 1.165) is 12.0 Å². The van der Waals surface area contributed by atoms with Crippen LogP contribution < -0.4 is 5.32 Å². The van der Waals surface area contributed by atoms with E-state index < -0.39 is 0 Å². The van der Waals surface area contributed by atoms with Crippen molar-refractivity contribution in [3.05, 3.63) is 60.4 Å². The standard InChI is InChI=1S/C12H13N/c1-10-5-2-3-8-13-12-7-4-6-11(10)9-12/h2-8,12-13H,1,9H2/b5-2-,8-3-. The van der Waals surface area contributed by atoms with Gasteiger partial charge in [0.1, 0.15) is 0 Å². The lowest BCUT2D eigenvalue weighted by Gasteiger charge is -2.18. The van der Waals surface area contributed by atoms with Crippen molar-refractivity contribution >= 4 is 0 Å². The van der Waals surface area contributed by atoms with Crippen molar-refractivity contribution in [2.75, 3.05) is 0 Å². The number of hydrogen-bond donors (Lipinski definition) is 1. The Bertz CT molecular complexity index is 329. The number of nitrogens with one attached hydrogen (secondary N) is 1. The Balaban J connectivity index is 2.30. The van der Waals surface area contributed by atoms with Crippen LogP contribution in [0, 0.1) is 0 Å². The smallest absolute Gasteiger partial charge is 0.0482 e. The van der Waals surface area contributed by atoms with Crippen LogP contribution in [-0.2, 0) is 0 Å². The largest absolute Gasteiger partial charge is 0.384 e. The molecule has 13 heavy (non-hydrogen) atoms. The zero-order valence-corrected chi connectivity index (χ0v) is 7.53. The highest BCUT2D eigenvalue weighted by Crippen LogP contribution is 2.21. The Labute approximate surface area is 78.8 Å². The molecule has 1 heteroatoms. The topological polar surface area (TPSA) is 12.0 Å². The first-order chi connectivity index (χ1) is 6.36. The Morgan fingerprint density at radius 2 is 2.23 bits per heavy atom. The summed E-state index contributed by atoms with van der Waals surface area (Å²) in [6, 6.07) is 0.424. The Hall–Kier alpha value is -1.50. The second-order valence-corrected chi connectivity index (χ2v) is 3.30. The van der Waals surface area contributed by atoms with Crippen molar-refractivity contribution in [2.45, 2.75) is 12.5 Å². The third-order valence-corrected chi connectivity index (χ3v) is 2.31. The molecule has 2 aliphatic rings. The van der Waals surface area contributed by atoms with Gasteiger partial charge in [-0.05, 0) is 29.8 Å². The summed E-state index contributed by atoms with van der Waals surface area (Å²) < 4.78 is 0. The molecule has 1 heterocycles. The molecule has 0 aromatic rings. The highest BCUT2D eigenvalue weighted by molar-refractivity contribution is 5.43. The van der Waals surface area contributed by atoms with Gasteiger partial charge < -0.3 is 5.32 Å². The lowest BCUT2D eigenvalue weighted by Crippen LogP contribution is -2.23. The average Bonchev–Trinajstić information content (AvgIpc) is 2.21. The summed E-state index contributed by atoms with van der Waals surface area (Å²) in [6.07, 6.45) is 15.5. The van der Waals surface area contributed by atoms with Gasteiger partial charge in [0.15, 0.2) is 0 Å². The monoisotopic (exact) mass is 171 g/mol. The third-order valence-electron chi connectivity index (χ3n) is 2.31. The predicted molar refractivity (Wildman–Crippen MR) is 56.2 cm³/mol. The van der Waals surface area contributed by atoms with Gasteiger partial charge in [0.2, 0.25) is 0 Å². The van der Waals surface area contributed by atoms with E-state index >= 15 is 0 Å². The van der Waals surface area contributed by atoms with Gasteiger partial charge in [0, 0.05) is 6.04 Å². The maximum atomic E-state index is 4.03. The van der Waals surface area contributed by atoms with Crippen molar-refractivity contribution in [1.29, 1.82) is 0 Å². The molecule has 0 aromatic carbocycles. The number of fused-ring (bicyclic) bond motifs is 2. The fourth-order valence-electron chi connectivity index (χ4n) is 1.54. The molecule has 0 saturated carbocycles. The minimum Gasteiger partial charge on any atom is -0.384 e. The van der Waals surface area contributed by atoms with Crippen molar-refractivity contribution in [3.8, 4) is 0 Å². The second kappa shape index (κ2) is 3.48. The van der Waals surface area contributed by atoms with E-state index in [1.807, 2.05) is 24.4 Å². The molecular weight excluding hydrogens is 158 g/mol. The van der Waals surface area contributed by atoms with Gasteiger partial charge in [-0.3, -0.25) is 0 Å². The molecule has 0 fully saturated rings. The summed E-state index contributed by atoms with van der Waals surface area (Å²) >= 11 is 0. The minimum absolute atomic E-state index is 0.424. The fourth-order valence-corrected chi connectivity index (χ4v) is 1.54. The first-order valence-corrected chi connectivity index (χ1v) is 4.52. The van der Waals surface area contributed by atoms with E-state index in [0.29, 0.717) is 6.04 Å². The highest BCUT2D eigenvalue weighted by atomic mass is 14.9. The molecule has 2 bridgehead atoms. The Morgan fingerprint density at radius 1 is 1.31 bits per heavy atom. The molecule has 1 aliphatic heterocycles. The van der Waals surface area contributed by atoms with Crippen molar-refractivity contribution in [2.24, 2.45) is 0 Å². The fraction of sp³-hybridized carbons (Fsp3) is 0.167. The van der Waals surface area contributed by atoms with Gasteiger partial charge in [0.25, 0.3) is 0 Å². The van der Waals surface area contributed by atoms with Gasteiger partial charge in [0.05, 0.1) is 0 Å². The van der Waals surface area contributed by atoms with Crippen molar-refractivity contribution in [3.63, 3.8) is 0 Å². The van der Waals surface area contributed by atoms with Gasteiger partial charge in [-0.25, -0.2) is 0 Å². The quantitative estimate of drug-likeness (QED) is 0.590. The first-order valence-electron chi connectivity index (χ1n) is 4.52. The van der Waals surface area contributed by atoms with Crippen LogP contribution in [0.25, 0.3) is 0 Å². The van der Waals surface area contributed by atoms with Crippen LogP contribution in [0.5, 0.6) is 0 Å². The number of allylic oxidation sites excluding steroid dienone is 6. The van der Waals surface area contributed by atoms with Crippen LogP contribution >= 0.6 is 0 Å². The van der Waals surface area contributed by atoms with Gasteiger partial charge in [-0.1, -0.05) is 37.0 Å². The summed E-state index contributed by atoms with van der Waals surface area (Å²) in [5.74, 6) is 0. The van der Waals surface area contributed by atoms with E-state index in [1.165, 1.54) is 5.57 Å². The lowest BCUT2D eigenvalue weighted by atomic mass is 9.95.